The summed E-state index contributed by atoms with van der Waals surface area (Å²) < 4.78 is 0. The lowest BCUT2D eigenvalue weighted by atomic mass is 9.76. The van der Waals surface area contributed by atoms with Crippen molar-refractivity contribution in [1.29, 1.82) is 0 Å². The Labute approximate surface area is 92.0 Å². The second-order valence-corrected chi connectivity index (χ2v) is 5.00. The second kappa shape index (κ2) is 3.87. The SMILES string of the molecule is C=CCN1C(N)=NCC12CCCC(C)C2. The molecule has 1 saturated carbocycles. The van der Waals surface area contributed by atoms with Crippen LogP contribution in [-0.2, 0) is 0 Å². The predicted octanol–water partition coefficient (Wildman–Crippen LogP) is 1.75. The van der Waals surface area contributed by atoms with Gasteiger partial charge in [0.15, 0.2) is 5.96 Å². The van der Waals surface area contributed by atoms with Crippen molar-refractivity contribution in [1.82, 2.24) is 4.90 Å². The molecule has 2 rings (SSSR count). The molecule has 0 radical (unpaired) electrons. The van der Waals surface area contributed by atoms with E-state index >= 15 is 0 Å². The van der Waals surface area contributed by atoms with Crippen molar-refractivity contribution < 1.29 is 0 Å². The minimum Gasteiger partial charge on any atom is -0.370 e. The molecule has 15 heavy (non-hydrogen) atoms. The number of aliphatic imine (C=N–C) groups is 1. The fraction of sp³-hybridized carbons (Fsp3) is 0.750. The van der Waals surface area contributed by atoms with Crippen LogP contribution in [0.1, 0.15) is 32.6 Å². The zero-order valence-electron chi connectivity index (χ0n) is 9.58. The van der Waals surface area contributed by atoms with Crippen LogP contribution < -0.4 is 5.73 Å². The summed E-state index contributed by atoms with van der Waals surface area (Å²) in [6, 6.07) is 0. The van der Waals surface area contributed by atoms with E-state index in [1.807, 2.05) is 6.08 Å². The van der Waals surface area contributed by atoms with Crippen molar-refractivity contribution in [2.24, 2.45) is 16.6 Å². The highest BCUT2D eigenvalue weighted by Crippen LogP contribution is 2.39. The summed E-state index contributed by atoms with van der Waals surface area (Å²) in [5.41, 5.74) is 6.16. The first-order chi connectivity index (χ1) is 7.18. The number of rotatable bonds is 2. The predicted molar refractivity (Wildman–Crippen MR) is 63.8 cm³/mol. The molecule has 0 aromatic carbocycles. The van der Waals surface area contributed by atoms with Crippen molar-refractivity contribution in [3.8, 4) is 0 Å². The third-order valence-corrected chi connectivity index (χ3v) is 3.76. The third-order valence-electron chi connectivity index (χ3n) is 3.76. The average Bonchev–Trinajstić information content (AvgIpc) is 2.48. The van der Waals surface area contributed by atoms with Gasteiger partial charge < -0.3 is 10.6 Å². The maximum Gasteiger partial charge on any atom is 0.192 e. The van der Waals surface area contributed by atoms with Gasteiger partial charge in [-0.3, -0.25) is 4.99 Å². The number of guanidine groups is 1. The molecule has 1 heterocycles. The Morgan fingerprint density at radius 1 is 1.73 bits per heavy atom. The minimum absolute atomic E-state index is 0.218. The highest BCUT2D eigenvalue weighted by atomic mass is 15.4. The Kier molecular flexibility index (Phi) is 2.72. The van der Waals surface area contributed by atoms with Gasteiger partial charge in [-0.25, -0.2) is 0 Å². The Balaban J connectivity index is 2.16. The zero-order valence-corrected chi connectivity index (χ0v) is 9.58. The molecule has 2 N–H and O–H groups in total. The summed E-state index contributed by atoms with van der Waals surface area (Å²) in [6.45, 7) is 7.86. The van der Waals surface area contributed by atoms with Crippen LogP contribution in [0.15, 0.2) is 17.6 Å². The van der Waals surface area contributed by atoms with Gasteiger partial charge in [0, 0.05) is 6.54 Å². The van der Waals surface area contributed by atoms with Crippen LogP contribution in [-0.4, -0.2) is 29.5 Å². The van der Waals surface area contributed by atoms with Crippen LogP contribution >= 0.6 is 0 Å². The van der Waals surface area contributed by atoms with E-state index in [-0.39, 0.29) is 5.54 Å². The van der Waals surface area contributed by atoms with Crippen molar-refractivity contribution in [2.45, 2.75) is 38.1 Å². The lowest BCUT2D eigenvalue weighted by Crippen LogP contribution is -2.53. The van der Waals surface area contributed by atoms with E-state index in [9.17, 15) is 0 Å². The van der Waals surface area contributed by atoms with Gasteiger partial charge in [-0.05, 0) is 18.8 Å². The third kappa shape index (κ3) is 1.75. The molecule has 2 aliphatic rings. The topological polar surface area (TPSA) is 41.6 Å². The largest absolute Gasteiger partial charge is 0.370 e. The number of hydrogen-bond acceptors (Lipinski definition) is 3. The van der Waals surface area contributed by atoms with Gasteiger partial charge in [0.1, 0.15) is 0 Å². The Hall–Kier alpha value is -0.990. The average molecular weight is 207 g/mol. The minimum atomic E-state index is 0.218. The second-order valence-electron chi connectivity index (χ2n) is 5.00. The van der Waals surface area contributed by atoms with E-state index < -0.39 is 0 Å². The normalized spacial score (nSPS) is 35.7. The molecular formula is C12H21N3. The number of hydrogen-bond donors (Lipinski definition) is 1. The summed E-state index contributed by atoms with van der Waals surface area (Å²) in [5, 5.41) is 0. The lowest BCUT2D eigenvalue weighted by molar-refractivity contribution is 0.123. The fourth-order valence-electron chi connectivity index (χ4n) is 3.08. The standard InChI is InChI=1S/C12H21N3/c1-3-7-15-11(13)14-9-12(15)6-4-5-10(2)8-12/h3,10H,1,4-9H2,2H3,(H2,13,14). The van der Waals surface area contributed by atoms with Crippen LogP contribution in [0.5, 0.6) is 0 Å². The molecule has 0 aromatic heterocycles. The molecule has 0 saturated heterocycles. The van der Waals surface area contributed by atoms with Gasteiger partial charge in [0.2, 0.25) is 0 Å². The van der Waals surface area contributed by atoms with E-state index in [0.29, 0.717) is 5.96 Å². The molecule has 0 amide bonds. The van der Waals surface area contributed by atoms with Crippen molar-refractivity contribution in [3.05, 3.63) is 12.7 Å². The van der Waals surface area contributed by atoms with Crippen LogP contribution in [0.4, 0.5) is 0 Å². The van der Waals surface area contributed by atoms with E-state index in [2.05, 4.69) is 23.4 Å². The summed E-state index contributed by atoms with van der Waals surface area (Å²) >= 11 is 0. The first kappa shape index (κ1) is 10.5. The van der Waals surface area contributed by atoms with Gasteiger partial charge in [-0.15, -0.1) is 6.58 Å². The van der Waals surface area contributed by atoms with E-state index in [4.69, 9.17) is 5.73 Å². The Morgan fingerprint density at radius 2 is 2.53 bits per heavy atom. The van der Waals surface area contributed by atoms with Crippen LogP contribution in [0.2, 0.25) is 0 Å². The van der Waals surface area contributed by atoms with Crippen LogP contribution in [0, 0.1) is 5.92 Å². The molecular weight excluding hydrogens is 186 g/mol. The van der Waals surface area contributed by atoms with Gasteiger partial charge in [0.05, 0.1) is 12.1 Å². The summed E-state index contributed by atoms with van der Waals surface area (Å²) in [6.07, 6.45) is 7.04. The fourth-order valence-corrected chi connectivity index (χ4v) is 3.08. The van der Waals surface area contributed by atoms with Crippen LogP contribution in [0.3, 0.4) is 0 Å². The summed E-state index contributed by atoms with van der Waals surface area (Å²) in [5.74, 6) is 1.51. The molecule has 0 aromatic rings. The Morgan fingerprint density at radius 3 is 3.20 bits per heavy atom. The van der Waals surface area contributed by atoms with Gasteiger partial charge in [0.25, 0.3) is 0 Å². The highest BCUT2D eigenvalue weighted by Gasteiger charge is 2.43. The van der Waals surface area contributed by atoms with Crippen LogP contribution in [0.25, 0.3) is 0 Å². The summed E-state index contributed by atoms with van der Waals surface area (Å²) in [4.78, 5) is 6.68. The molecule has 3 nitrogen and oxygen atoms in total. The molecule has 2 atom stereocenters. The van der Waals surface area contributed by atoms with E-state index in [1.54, 1.807) is 0 Å². The molecule has 1 aliphatic carbocycles. The van der Waals surface area contributed by atoms with Crippen molar-refractivity contribution >= 4 is 5.96 Å². The van der Waals surface area contributed by atoms with E-state index in [0.717, 1.165) is 19.0 Å². The zero-order chi connectivity index (χ0) is 10.9. The maximum atomic E-state index is 5.94. The van der Waals surface area contributed by atoms with Crippen molar-refractivity contribution in [3.63, 3.8) is 0 Å². The maximum absolute atomic E-state index is 5.94. The van der Waals surface area contributed by atoms with Gasteiger partial charge >= 0.3 is 0 Å². The number of nitrogens with zero attached hydrogens (tertiary/aromatic N) is 2. The molecule has 2 unspecified atom stereocenters. The molecule has 1 spiro atoms. The molecule has 0 bridgehead atoms. The smallest absolute Gasteiger partial charge is 0.192 e. The quantitative estimate of drug-likeness (QED) is 0.701. The monoisotopic (exact) mass is 207 g/mol. The molecule has 1 aliphatic heterocycles. The molecule has 1 fully saturated rings. The van der Waals surface area contributed by atoms with Gasteiger partial charge in [-0.2, -0.15) is 0 Å². The van der Waals surface area contributed by atoms with Gasteiger partial charge in [-0.1, -0.05) is 25.8 Å². The number of nitrogens with two attached hydrogens (primary N) is 1. The van der Waals surface area contributed by atoms with Crippen molar-refractivity contribution in [2.75, 3.05) is 13.1 Å². The molecule has 3 heteroatoms. The first-order valence-electron chi connectivity index (χ1n) is 5.86. The lowest BCUT2D eigenvalue weighted by Gasteiger charge is -2.43. The molecule has 84 valence electrons. The first-order valence-corrected chi connectivity index (χ1v) is 5.86. The summed E-state index contributed by atoms with van der Waals surface area (Å²) in [7, 11) is 0. The highest BCUT2D eigenvalue weighted by molar-refractivity contribution is 5.81. The van der Waals surface area contributed by atoms with E-state index in [1.165, 1.54) is 25.7 Å². The Bertz CT molecular complexity index is 285.